The Morgan fingerprint density at radius 3 is 3.00 bits per heavy atom. The highest BCUT2D eigenvalue weighted by atomic mass is 32.1. The fourth-order valence-electron chi connectivity index (χ4n) is 3.50. The first-order valence-electron chi connectivity index (χ1n) is 8.65. The molecule has 1 N–H and O–H groups in total. The molecule has 1 aromatic heterocycles. The number of nitrogens with one attached hydrogen (secondary N) is 1. The van der Waals surface area contributed by atoms with Gasteiger partial charge in [-0.05, 0) is 48.5 Å². The molecular formula is C19H19N3O3S. The Bertz CT molecular complexity index is 858. The lowest BCUT2D eigenvalue weighted by Gasteiger charge is -2.26. The molecule has 1 fully saturated rings. The number of likely N-dealkylation sites (tertiary alicyclic amines) is 1. The number of hydrogen-bond acceptors (Lipinski definition) is 6. The maximum absolute atomic E-state index is 12.4. The van der Waals surface area contributed by atoms with E-state index in [4.69, 9.17) is 14.7 Å². The van der Waals surface area contributed by atoms with Gasteiger partial charge in [0.25, 0.3) is 0 Å². The number of hydrogen-bond donors (Lipinski definition) is 1. The summed E-state index contributed by atoms with van der Waals surface area (Å²) in [6, 6.07) is 10.0. The van der Waals surface area contributed by atoms with E-state index in [2.05, 4.69) is 22.4 Å². The number of nitrogens with zero attached hydrogens (tertiary/aromatic N) is 2. The average Bonchev–Trinajstić information content (AvgIpc) is 3.30. The quantitative estimate of drug-likeness (QED) is 0.896. The van der Waals surface area contributed by atoms with Crippen LogP contribution < -0.4 is 14.8 Å². The van der Waals surface area contributed by atoms with Gasteiger partial charge in [0, 0.05) is 6.04 Å². The normalized spacial score (nSPS) is 19.1. The van der Waals surface area contributed by atoms with Gasteiger partial charge >= 0.3 is 0 Å². The van der Waals surface area contributed by atoms with Crippen LogP contribution in [0.15, 0.2) is 29.6 Å². The first-order valence-corrected chi connectivity index (χ1v) is 9.53. The van der Waals surface area contributed by atoms with Crippen molar-refractivity contribution in [3.63, 3.8) is 0 Å². The number of nitriles is 1. The van der Waals surface area contributed by atoms with E-state index in [1.165, 1.54) is 11.3 Å². The zero-order valence-electron chi connectivity index (χ0n) is 14.2. The molecule has 0 saturated carbocycles. The molecule has 7 heteroatoms. The zero-order chi connectivity index (χ0) is 17.9. The lowest BCUT2D eigenvalue weighted by Crippen LogP contribution is -2.33. The predicted octanol–water partition coefficient (Wildman–Crippen LogP) is 3.17. The maximum atomic E-state index is 12.4. The summed E-state index contributed by atoms with van der Waals surface area (Å²) in [5.74, 6) is 1.47. The van der Waals surface area contributed by atoms with Crippen LogP contribution in [0.2, 0.25) is 0 Å². The Labute approximate surface area is 155 Å². The molecule has 3 heterocycles. The lowest BCUT2D eigenvalue weighted by atomic mass is 10.0. The lowest BCUT2D eigenvalue weighted by molar-refractivity contribution is -0.117. The molecule has 1 aromatic carbocycles. The van der Waals surface area contributed by atoms with Crippen LogP contribution in [0.3, 0.4) is 0 Å². The van der Waals surface area contributed by atoms with Gasteiger partial charge in [-0.25, -0.2) is 0 Å². The third-order valence-corrected chi connectivity index (χ3v) is 5.53. The minimum atomic E-state index is -0.0895. The van der Waals surface area contributed by atoms with Gasteiger partial charge in [0.1, 0.15) is 24.3 Å². The van der Waals surface area contributed by atoms with Gasteiger partial charge < -0.3 is 14.8 Å². The molecule has 134 valence electrons. The minimum absolute atomic E-state index is 0.0895. The third kappa shape index (κ3) is 3.39. The molecule has 2 aliphatic rings. The van der Waals surface area contributed by atoms with Gasteiger partial charge in [-0.2, -0.15) is 5.26 Å². The molecule has 0 spiro atoms. The molecule has 1 atom stereocenters. The topological polar surface area (TPSA) is 74.6 Å². The van der Waals surface area contributed by atoms with Crippen LogP contribution in [0, 0.1) is 11.3 Å². The molecule has 6 nitrogen and oxygen atoms in total. The van der Waals surface area contributed by atoms with Crippen LogP contribution in [0.4, 0.5) is 5.00 Å². The van der Waals surface area contributed by atoms with Crippen molar-refractivity contribution in [2.75, 3.05) is 31.6 Å². The first-order chi connectivity index (χ1) is 12.7. The van der Waals surface area contributed by atoms with E-state index in [0.29, 0.717) is 30.3 Å². The van der Waals surface area contributed by atoms with E-state index in [1.807, 2.05) is 17.5 Å². The molecule has 4 rings (SSSR count). The second-order valence-corrected chi connectivity index (χ2v) is 7.27. The van der Waals surface area contributed by atoms with Crippen molar-refractivity contribution in [1.29, 1.82) is 5.26 Å². The van der Waals surface area contributed by atoms with Gasteiger partial charge in [0.2, 0.25) is 5.91 Å². The fourth-order valence-corrected chi connectivity index (χ4v) is 4.26. The molecule has 0 bridgehead atoms. The third-order valence-electron chi connectivity index (χ3n) is 4.70. The summed E-state index contributed by atoms with van der Waals surface area (Å²) in [7, 11) is 0. The van der Waals surface area contributed by atoms with Crippen molar-refractivity contribution in [2.45, 2.75) is 18.9 Å². The largest absolute Gasteiger partial charge is 0.486 e. The van der Waals surface area contributed by atoms with E-state index in [0.717, 1.165) is 36.4 Å². The molecule has 2 aromatic rings. The smallest absolute Gasteiger partial charge is 0.239 e. The first kappa shape index (κ1) is 16.9. The Morgan fingerprint density at radius 2 is 2.15 bits per heavy atom. The van der Waals surface area contributed by atoms with E-state index in [-0.39, 0.29) is 11.9 Å². The molecular weight excluding hydrogens is 350 g/mol. The number of rotatable bonds is 4. The van der Waals surface area contributed by atoms with Crippen molar-refractivity contribution in [2.24, 2.45) is 0 Å². The SMILES string of the molecule is N#Cc1ccsc1NC(=O)CN1CCC[C@@H]1c1ccc2c(c1)OCCO2. The van der Waals surface area contributed by atoms with E-state index in [9.17, 15) is 4.79 Å². The van der Waals surface area contributed by atoms with E-state index >= 15 is 0 Å². The van der Waals surface area contributed by atoms with Gasteiger partial charge in [0.05, 0.1) is 12.1 Å². The predicted molar refractivity (Wildman–Crippen MR) is 98.6 cm³/mol. The van der Waals surface area contributed by atoms with Crippen LogP contribution in [0.1, 0.15) is 30.0 Å². The molecule has 26 heavy (non-hydrogen) atoms. The highest BCUT2D eigenvalue weighted by Gasteiger charge is 2.29. The monoisotopic (exact) mass is 369 g/mol. The summed E-state index contributed by atoms with van der Waals surface area (Å²) < 4.78 is 11.3. The number of carbonyl (C=O) groups excluding carboxylic acids is 1. The second-order valence-electron chi connectivity index (χ2n) is 6.35. The number of carbonyl (C=O) groups is 1. The Kier molecular flexibility index (Phi) is 4.78. The molecule has 0 unspecified atom stereocenters. The van der Waals surface area contributed by atoms with Crippen LogP contribution in [0.5, 0.6) is 11.5 Å². The van der Waals surface area contributed by atoms with Gasteiger partial charge in [-0.3, -0.25) is 9.69 Å². The van der Waals surface area contributed by atoms with Crippen molar-refractivity contribution < 1.29 is 14.3 Å². The van der Waals surface area contributed by atoms with Gasteiger partial charge in [-0.15, -0.1) is 11.3 Å². The second kappa shape index (κ2) is 7.36. The zero-order valence-corrected chi connectivity index (χ0v) is 15.1. The van der Waals surface area contributed by atoms with E-state index < -0.39 is 0 Å². The number of anilines is 1. The summed E-state index contributed by atoms with van der Waals surface area (Å²) in [4.78, 5) is 14.6. The number of fused-ring (bicyclic) bond motifs is 1. The minimum Gasteiger partial charge on any atom is -0.486 e. The summed E-state index contributed by atoms with van der Waals surface area (Å²) in [5.41, 5.74) is 1.65. The van der Waals surface area contributed by atoms with Crippen LogP contribution >= 0.6 is 11.3 Å². The molecule has 0 radical (unpaired) electrons. The molecule has 1 amide bonds. The van der Waals surface area contributed by atoms with Crippen LogP contribution in [-0.4, -0.2) is 37.1 Å². The fraction of sp³-hybridized carbons (Fsp3) is 0.368. The van der Waals surface area contributed by atoms with Crippen molar-refractivity contribution in [3.8, 4) is 17.6 Å². The Balaban J connectivity index is 1.45. The molecule has 1 saturated heterocycles. The Morgan fingerprint density at radius 1 is 1.31 bits per heavy atom. The number of benzene rings is 1. The highest BCUT2D eigenvalue weighted by Crippen LogP contribution is 2.38. The van der Waals surface area contributed by atoms with E-state index in [1.54, 1.807) is 6.07 Å². The van der Waals surface area contributed by atoms with Crippen molar-refractivity contribution in [1.82, 2.24) is 4.90 Å². The maximum Gasteiger partial charge on any atom is 0.239 e. The van der Waals surface area contributed by atoms with Crippen LogP contribution in [0.25, 0.3) is 0 Å². The summed E-state index contributed by atoms with van der Waals surface area (Å²) in [6.45, 7) is 2.33. The average molecular weight is 369 g/mol. The molecule has 2 aliphatic heterocycles. The highest BCUT2D eigenvalue weighted by molar-refractivity contribution is 7.14. The summed E-state index contributed by atoms with van der Waals surface area (Å²) in [6.07, 6.45) is 2.06. The van der Waals surface area contributed by atoms with Gasteiger partial charge in [0.15, 0.2) is 11.5 Å². The molecule has 0 aliphatic carbocycles. The van der Waals surface area contributed by atoms with Gasteiger partial charge in [-0.1, -0.05) is 6.07 Å². The Hall–Kier alpha value is -2.56. The number of ether oxygens (including phenoxy) is 2. The summed E-state index contributed by atoms with van der Waals surface area (Å²) in [5, 5.41) is 14.4. The number of thiophene rings is 1. The van der Waals surface area contributed by atoms with Crippen molar-refractivity contribution in [3.05, 3.63) is 40.8 Å². The summed E-state index contributed by atoms with van der Waals surface area (Å²) >= 11 is 1.37. The number of amides is 1. The standard InChI is InChI=1S/C19H19N3O3S/c20-11-14-5-9-26-19(14)21-18(23)12-22-6-1-2-15(22)13-3-4-16-17(10-13)25-8-7-24-16/h3-5,9-10,15H,1-2,6-8,12H2,(H,21,23)/t15-/m1/s1. The van der Waals surface area contributed by atoms with Crippen molar-refractivity contribution >= 4 is 22.2 Å². The van der Waals surface area contributed by atoms with Crippen LogP contribution in [-0.2, 0) is 4.79 Å².